The van der Waals surface area contributed by atoms with Gasteiger partial charge in [0.2, 0.25) is 0 Å². The molecule has 0 amide bonds. The SMILES string of the molecule is CC(C)CC1CC2CCN(C)[C@H]2CC1=O. The predicted molar refractivity (Wildman–Crippen MR) is 61.7 cm³/mol. The van der Waals surface area contributed by atoms with Gasteiger partial charge in [-0.3, -0.25) is 4.79 Å². The van der Waals surface area contributed by atoms with Gasteiger partial charge in [0.05, 0.1) is 0 Å². The van der Waals surface area contributed by atoms with Crippen LogP contribution >= 0.6 is 0 Å². The van der Waals surface area contributed by atoms with Crippen LogP contribution in [-0.4, -0.2) is 30.3 Å². The molecule has 2 unspecified atom stereocenters. The van der Waals surface area contributed by atoms with Crippen LogP contribution in [0.2, 0.25) is 0 Å². The Hall–Kier alpha value is -0.370. The molecule has 1 saturated carbocycles. The largest absolute Gasteiger partial charge is 0.303 e. The Balaban J connectivity index is 1.99. The maximum atomic E-state index is 12.0. The highest BCUT2D eigenvalue weighted by Gasteiger charge is 2.40. The number of hydrogen-bond acceptors (Lipinski definition) is 2. The van der Waals surface area contributed by atoms with E-state index in [-0.39, 0.29) is 0 Å². The lowest BCUT2D eigenvalue weighted by Crippen LogP contribution is -2.39. The Bertz CT molecular complexity index is 249. The molecule has 0 bridgehead atoms. The van der Waals surface area contributed by atoms with E-state index >= 15 is 0 Å². The molecule has 0 N–H and O–H groups in total. The Morgan fingerprint density at radius 1 is 1.47 bits per heavy atom. The smallest absolute Gasteiger partial charge is 0.137 e. The number of carbonyl (C=O) groups is 1. The van der Waals surface area contributed by atoms with Crippen molar-refractivity contribution in [3.63, 3.8) is 0 Å². The van der Waals surface area contributed by atoms with Gasteiger partial charge in [-0.25, -0.2) is 0 Å². The van der Waals surface area contributed by atoms with Gasteiger partial charge in [-0.1, -0.05) is 13.8 Å². The van der Waals surface area contributed by atoms with Gasteiger partial charge in [0.15, 0.2) is 0 Å². The zero-order valence-electron chi connectivity index (χ0n) is 10.2. The van der Waals surface area contributed by atoms with Gasteiger partial charge in [-0.05, 0) is 44.7 Å². The minimum Gasteiger partial charge on any atom is -0.303 e. The number of likely N-dealkylation sites (tertiary alicyclic amines) is 1. The molecular weight excluding hydrogens is 186 g/mol. The number of carbonyl (C=O) groups excluding carboxylic acids is 1. The highest BCUT2D eigenvalue weighted by molar-refractivity contribution is 5.82. The third kappa shape index (κ3) is 2.25. The van der Waals surface area contributed by atoms with Crippen molar-refractivity contribution in [1.29, 1.82) is 0 Å². The number of hydrogen-bond donors (Lipinski definition) is 0. The summed E-state index contributed by atoms with van der Waals surface area (Å²) in [7, 11) is 2.17. The molecular formula is C13H23NO. The second kappa shape index (κ2) is 4.25. The Morgan fingerprint density at radius 2 is 2.20 bits per heavy atom. The summed E-state index contributed by atoms with van der Waals surface area (Å²) in [5.74, 6) is 2.36. The van der Waals surface area contributed by atoms with Crippen molar-refractivity contribution in [2.24, 2.45) is 17.8 Å². The van der Waals surface area contributed by atoms with Gasteiger partial charge < -0.3 is 4.90 Å². The molecule has 0 aromatic heterocycles. The molecule has 1 heterocycles. The molecule has 2 aliphatic rings. The highest BCUT2D eigenvalue weighted by atomic mass is 16.1. The summed E-state index contributed by atoms with van der Waals surface area (Å²) in [6.45, 7) is 5.64. The zero-order valence-corrected chi connectivity index (χ0v) is 10.2. The van der Waals surface area contributed by atoms with E-state index in [1.165, 1.54) is 13.0 Å². The molecule has 0 aromatic rings. The van der Waals surface area contributed by atoms with Crippen molar-refractivity contribution in [2.45, 2.75) is 45.6 Å². The predicted octanol–water partition coefficient (Wildman–Crippen LogP) is 2.33. The summed E-state index contributed by atoms with van der Waals surface area (Å²) in [4.78, 5) is 14.4. The normalized spacial score (nSPS) is 37.3. The maximum Gasteiger partial charge on any atom is 0.137 e. The monoisotopic (exact) mass is 209 g/mol. The Morgan fingerprint density at radius 3 is 2.87 bits per heavy atom. The Labute approximate surface area is 93.0 Å². The minimum absolute atomic E-state index is 0.373. The first-order valence-electron chi connectivity index (χ1n) is 6.31. The van der Waals surface area contributed by atoms with Gasteiger partial charge >= 0.3 is 0 Å². The molecule has 1 aliphatic carbocycles. The molecule has 0 spiro atoms. The molecule has 2 heteroatoms. The summed E-state index contributed by atoms with van der Waals surface area (Å²) in [5.41, 5.74) is 0. The lowest BCUT2D eigenvalue weighted by molar-refractivity contribution is -0.127. The lowest BCUT2D eigenvalue weighted by Gasteiger charge is -2.34. The fraction of sp³-hybridized carbons (Fsp3) is 0.923. The summed E-state index contributed by atoms with van der Waals surface area (Å²) < 4.78 is 0. The van der Waals surface area contributed by atoms with Crippen molar-refractivity contribution >= 4 is 5.78 Å². The zero-order chi connectivity index (χ0) is 11.0. The van der Waals surface area contributed by atoms with Gasteiger partial charge in [0.1, 0.15) is 5.78 Å². The van der Waals surface area contributed by atoms with E-state index in [0.29, 0.717) is 23.7 Å². The number of ketones is 1. The van der Waals surface area contributed by atoms with Crippen molar-refractivity contribution < 1.29 is 4.79 Å². The van der Waals surface area contributed by atoms with Crippen LogP contribution in [0.1, 0.15) is 39.5 Å². The highest BCUT2D eigenvalue weighted by Crippen LogP contribution is 2.38. The molecule has 15 heavy (non-hydrogen) atoms. The van der Waals surface area contributed by atoms with Crippen molar-refractivity contribution in [1.82, 2.24) is 4.90 Å². The first-order chi connectivity index (χ1) is 7.08. The van der Waals surface area contributed by atoms with Crippen molar-refractivity contribution in [2.75, 3.05) is 13.6 Å². The van der Waals surface area contributed by atoms with E-state index in [9.17, 15) is 4.79 Å². The van der Waals surface area contributed by atoms with Crippen LogP contribution in [0.3, 0.4) is 0 Å². The fourth-order valence-corrected chi connectivity index (χ4v) is 3.35. The molecule has 1 saturated heterocycles. The second-order valence-electron chi connectivity index (χ2n) is 5.83. The first kappa shape index (κ1) is 11.1. The van der Waals surface area contributed by atoms with Crippen LogP contribution in [0, 0.1) is 17.8 Å². The molecule has 1 aliphatic heterocycles. The van der Waals surface area contributed by atoms with Gasteiger partial charge in [0, 0.05) is 18.4 Å². The number of Topliss-reactive ketones (excluding diaryl/α,β-unsaturated/α-hetero) is 1. The molecule has 2 fully saturated rings. The van der Waals surface area contributed by atoms with Gasteiger partial charge in [-0.15, -0.1) is 0 Å². The molecule has 2 rings (SSSR count). The van der Waals surface area contributed by atoms with Crippen molar-refractivity contribution in [3.05, 3.63) is 0 Å². The standard InChI is InChI=1S/C13H23NO/c1-9(2)6-11-7-10-4-5-14(3)12(10)8-13(11)15/h9-12H,4-8H2,1-3H3/t10?,11?,12-/m0/s1. The first-order valence-corrected chi connectivity index (χ1v) is 6.31. The van der Waals surface area contributed by atoms with Crippen LogP contribution in [-0.2, 0) is 4.79 Å². The second-order valence-corrected chi connectivity index (χ2v) is 5.83. The summed E-state index contributed by atoms with van der Waals surface area (Å²) in [6.07, 6.45) is 4.39. The van der Waals surface area contributed by atoms with Crippen LogP contribution in [0.15, 0.2) is 0 Å². The van der Waals surface area contributed by atoms with E-state index in [4.69, 9.17) is 0 Å². The fourth-order valence-electron chi connectivity index (χ4n) is 3.35. The Kier molecular flexibility index (Phi) is 3.15. The van der Waals surface area contributed by atoms with Crippen LogP contribution in [0.25, 0.3) is 0 Å². The van der Waals surface area contributed by atoms with Crippen LogP contribution < -0.4 is 0 Å². The third-order valence-electron chi connectivity index (χ3n) is 4.17. The third-order valence-corrected chi connectivity index (χ3v) is 4.17. The quantitative estimate of drug-likeness (QED) is 0.695. The summed E-state index contributed by atoms with van der Waals surface area (Å²) >= 11 is 0. The van der Waals surface area contributed by atoms with Crippen LogP contribution in [0.4, 0.5) is 0 Å². The molecule has 0 aromatic carbocycles. The molecule has 86 valence electrons. The molecule has 0 radical (unpaired) electrons. The van der Waals surface area contributed by atoms with Crippen molar-refractivity contribution in [3.8, 4) is 0 Å². The summed E-state index contributed by atoms with van der Waals surface area (Å²) in [5, 5.41) is 0. The maximum absolute atomic E-state index is 12.0. The van der Waals surface area contributed by atoms with Gasteiger partial charge in [0.25, 0.3) is 0 Å². The molecule has 2 nitrogen and oxygen atoms in total. The van der Waals surface area contributed by atoms with E-state index in [0.717, 1.165) is 25.2 Å². The molecule has 3 atom stereocenters. The van der Waals surface area contributed by atoms with E-state index in [2.05, 4.69) is 25.8 Å². The topological polar surface area (TPSA) is 20.3 Å². The number of nitrogens with zero attached hydrogens (tertiary/aromatic N) is 1. The average Bonchev–Trinajstić information content (AvgIpc) is 2.48. The van der Waals surface area contributed by atoms with Gasteiger partial charge in [-0.2, -0.15) is 0 Å². The lowest BCUT2D eigenvalue weighted by atomic mass is 9.74. The van der Waals surface area contributed by atoms with Crippen LogP contribution in [0.5, 0.6) is 0 Å². The van der Waals surface area contributed by atoms with E-state index < -0.39 is 0 Å². The van der Waals surface area contributed by atoms with E-state index in [1.807, 2.05) is 0 Å². The summed E-state index contributed by atoms with van der Waals surface area (Å²) in [6, 6.07) is 0.570. The van der Waals surface area contributed by atoms with E-state index in [1.54, 1.807) is 0 Å². The average molecular weight is 209 g/mol. The number of rotatable bonds is 2. The minimum atomic E-state index is 0.373. The number of fused-ring (bicyclic) bond motifs is 1.